The molecule has 1 aliphatic heterocycles. The zero-order valence-corrected chi connectivity index (χ0v) is 33.7. The lowest BCUT2D eigenvalue weighted by molar-refractivity contribution is -0.314. The minimum atomic E-state index is -0.680. The number of anilines is 2. The highest BCUT2D eigenvalue weighted by atomic mass is 79.9. The summed E-state index contributed by atoms with van der Waals surface area (Å²) in [6.45, 7) is 39.0. The number of benzene rings is 2. The fourth-order valence-corrected chi connectivity index (χ4v) is 10.1. The van der Waals surface area contributed by atoms with Crippen molar-refractivity contribution in [1.82, 2.24) is 14.9 Å². The van der Waals surface area contributed by atoms with E-state index in [0.717, 1.165) is 22.0 Å². The number of piperidine rings is 1. The molecule has 0 bridgehead atoms. The van der Waals surface area contributed by atoms with E-state index < -0.39 is 5.60 Å². The molecular formula is C39H58BrFN4O2. The SMILES string of the molecule is COc1c(OC(C)(C)C2(C)C(C)(C)C(C)(C)N(C(C)(C)C)C(C)(C)C2(C)C)c(C)c2nc(C)nc(Nc3ccc(Br)cc3F)c2c1C. The second kappa shape index (κ2) is 11.3. The maximum Gasteiger partial charge on any atom is 0.167 e. The number of ether oxygens (including phenoxy) is 2. The van der Waals surface area contributed by atoms with Gasteiger partial charge >= 0.3 is 0 Å². The molecule has 3 aromatic rings. The molecule has 2 heterocycles. The Kier molecular flexibility index (Phi) is 8.98. The molecule has 0 spiro atoms. The number of fused-ring (bicyclic) bond motifs is 1. The van der Waals surface area contributed by atoms with Crippen molar-refractivity contribution in [2.75, 3.05) is 12.4 Å². The van der Waals surface area contributed by atoms with Crippen molar-refractivity contribution in [3.05, 3.63) is 45.4 Å². The second-order valence-corrected chi connectivity index (χ2v) is 18.2. The summed E-state index contributed by atoms with van der Waals surface area (Å²) in [7, 11) is 1.67. The zero-order chi connectivity index (χ0) is 36.1. The smallest absolute Gasteiger partial charge is 0.167 e. The number of aromatic nitrogens is 2. The highest BCUT2D eigenvalue weighted by Gasteiger charge is 2.75. The van der Waals surface area contributed by atoms with E-state index in [1.165, 1.54) is 6.07 Å². The number of rotatable bonds is 6. The summed E-state index contributed by atoms with van der Waals surface area (Å²) in [5, 5.41) is 4.00. The van der Waals surface area contributed by atoms with E-state index in [4.69, 9.17) is 19.4 Å². The van der Waals surface area contributed by atoms with Crippen molar-refractivity contribution in [2.45, 2.75) is 140 Å². The lowest BCUT2D eigenvalue weighted by atomic mass is 9.36. The van der Waals surface area contributed by atoms with E-state index in [0.29, 0.717) is 33.3 Å². The molecule has 0 aliphatic carbocycles. The van der Waals surface area contributed by atoms with Crippen molar-refractivity contribution in [1.29, 1.82) is 0 Å². The third kappa shape index (κ3) is 5.17. The van der Waals surface area contributed by atoms with Crippen molar-refractivity contribution in [2.24, 2.45) is 16.2 Å². The fraction of sp³-hybridized carbons (Fsp3) is 0.641. The van der Waals surface area contributed by atoms with Crippen LogP contribution in [0.3, 0.4) is 0 Å². The summed E-state index contributed by atoms with van der Waals surface area (Å²) in [6.07, 6.45) is 0. The molecule has 0 atom stereocenters. The Morgan fingerprint density at radius 1 is 0.809 bits per heavy atom. The molecule has 1 aliphatic rings. The number of nitrogens with zero attached hydrogens (tertiary/aromatic N) is 3. The number of likely N-dealkylation sites (tertiary alicyclic amines) is 1. The van der Waals surface area contributed by atoms with Crippen LogP contribution < -0.4 is 14.8 Å². The van der Waals surface area contributed by atoms with Crippen LogP contribution in [0.5, 0.6) is 11.5 Å². The van der Waals surface area contributed by atoms with Crippen molar-refractivity contribution in [3.8, 4) is 11.5 Å². The van der Waals surface area contributed by atoms with Crippen LogP contribution in [0.15, 0.2) is 22.7 Å². The van der Waals surface area contributed by atoms with Crippen LogP contribution in [-0.4, -0.2) is 44.2 Å². The first-order chi connectivity index (χ1) is 21.1. The molecule has 47 heavy (non-hydrogen) atoms. The van der Waals surface area contributed by atoms with Gasteiger partial charge in [-0.3, -0.25) is 4.90 Å². The van der Waals surface area contributed by atoms with E-state index in [1.807, 2.05) is 20.8 Å². The van der Waals surface area contributed by atoms with Gasteiger partial charge in [-0.25, -0.2) is 14.4 Å². The van der Waals surface area contributed by atoms with Crippen molar-refractivity contribution >= 4 is 38.3 Å². The van der Waals surface area contributed by atoms with Crippen molar-refractivity contribution in [3.63, 3.8) is 0 Å². The molecule has 0 radical (unpaired) electrons. The van der Waals surface area contributed by atoms with Crippen LogP contribution in [0.1, 0.15) is 114 Å². The molecule has 2 aromatic carbocycles. The first-order valence-corrected chi connectivity index (χ1v) is 17.5. The maximum absolute atomic E-state index is 15.0. The van der Waals surface area contributed by atoms with Gasteiger partial charge in [-0.2, -0.15) is 0 Å². The van der Waals surface area contributed by atoms with Crippen molar-refractivity contribution < 1.29 is 13.9 Å². The molecule has 1 fully saturated rings. The number of hydrogen-bond acceptors (Lipinski definition) is 6. The van der Waals surface area contributed by atoms with Gasteiger partial charge in [0.05, 0.1) is 23.7 Å². The number of nitrogens with one attached hydrogen (secondary N) is 1. The summed E-state index contributed by atoms with van der Waals surface area (Å²) in [5.74, 6) is 2.00. The summed E-state index contributed by atoms with van der Waals surface area (Å²) >= 11 is 3.35. The first kappa shape index (κ1) is 37.4. The van der Waals surface area contributed by atoms with E-state index >= 15 is 0 Å². The second-order valence-electron chi connectivity index (χ2n) is 17.3. The normalized spacial score (nSPS) is 20.3. The average molecular weight is 714 g/mol. The summed E-state index contributed by atoms with van der Waals surface area (Å²) in [5.41, 5.74) is 0.776. The van der Waals surface area contributed by atoms with Gasteiger partial charge in [-0.1, -0.05) is 50.5 Å². The summed E-state index contributed by atoms with van der Waals surface area (Å²) in [4.78, 5) is 12.4. The molecule has 4 rings (SSSR count). The topological polar surface area (TPSA) is 59.5 Å². The highest BCUT2D eigenvalue weighted by molar-refractivity contribution is 9.10. The van der Waals surface area contributed by atoms with Gasteiger partial charge in [0.1, 0.15) is 23.1 Å². The molecule has 1 aromatic heterocycles. The largest absolute Gasteiger partial charge is 0.493 e. The minimum absolute atomic E-state index is 0.0639. The van der Waals surface area contributed by atoms with E-state index in [-0.39, 0.29) is 38.7 Å². The quantitative estimate of drug-likeness (QED) is 0.274. The Morgan fingerprint density at radius 2 is 1.34 bits per heavy atom. The van der Waals surface area contributed by atoms with Crippen LogP contribution >= 0.6 is 15.9 Å². The number of hydrogen-bond donors (Lipinski definition) is 1. The molecule has 1 N–H and O–H groups in total. The van der Waals surface area contributed by atoms with Crippen LogP contribution in [0, 0.1) is 42.8 Å². The molecule has 1 saturated heterocycles. The Balaban J connectivity index is 1.97. The summed E-state index contributed by atoms with van der Waals surface area (Å²) in [6, 6.07) is 4.93. The van der Waals surface area contributed by atoms with Gasteiger partial charge in [0.15, 0.2) is 11.5 Å². The minimum Gasteiger partial charge on any atom is -0.493 e. The van der Waals surface area contributed by atoms with Gasteiger partial charge in [0, 0.05) is 37.6 Å². The predicted molar refractivity (Wildman–Crippen MR) is 198 cm³/mol. The first-order valence-electron chi connectivity index (χ1n) is 16.7. The average Bonchev–Trinajstić information content (AvgIpc) is 2.90. The molecule has 0 unspecified atom stereocenters. The number of halogens is 2. The van der Waals surface area contributed by atoms with Gasteiger partial charge in [-0.15, -0.1) is 0 Å². The number of aryl methyl sites for hydroxylation is 3. The summed E-state index contributed by atoms with van der Waals surface area (Å²) < 4.78 is 29.2. The monoisotopic (exact) mass is 712 g/mol. The third-order valence-corrected chi connectivity index (χ3v) is 13.4. The lowest BCUT2D eigenvalue weighted by Crippen LogP contribution is -2.84. The van der Waals surface area contributed by atoms with Crippen LogP contribution in [0.2, 0.25) is 0 Å². The highest BCUT2D eigenvalue weighted by Crippen LogP contribution is 2.72. The third-order valence-electron chi connectivity index (χ3n) is 12.9. The maximum atomic E-state index is 15.0. The zero-order valence-electron chi connectivity index (χ0n) is 32.1. The molecule has 6 nitrogen and oxygen atoms in total. The Bertz CT molecular complexity index is 1690. The van der Waals surface area contributed by atoms with Gasteiger partial charge in [0.25, 0.3) is 0 Å². The van der Waals surface area contributed by atoms with Crippen LogP contribution in [0.4, 0.5) is 15.9 Å². The van der Waals surface area contributed by atoms with E-state index in [2.05, 4.69) is 123 Å². The van der Waals surface area contributed by atoms with E-state index in [1.54, 1.807) is 19.2 Å². The standard InChI is InChI=1S/C39H58BrFN4O2/c1-22-28-29(42-24(3)43-32(28)44-27-20-19-25(40)21-26(27)41)23(2)31(30(22)46-18)47-38(15,16)39(17)34(7,8)36(11,12)45(33(4,5)6)37(13,14)35(39,9)10/h19-21H,1-18H3,(H,42,43,44). The molecule has 0 saturated carbocycles. The van der Waals surface area contributed by atoms with Gasteiger partial charge in [0.2, 0.25) is 0 Å². The van der Waals surface area contributed by atoms with Crippen LogP contribution in [-0.2, 0) is 0 Å². The number of methoxy groups -OCH3 is 1. The van der Waals surface area contributed by atoms with Crippen LogP contribution in [0.25, 0.3) is 10.9 Å². The van der Waals surface area contributed by atoms with Gasteiger partial charge in [-0.05, 0) is 112 Å². The molecule has 8 heteroatoms. The Morgan fingerprint density at radius 3 is 1.81 bits per heavy atom. The Labute approximate surface area is 291 Å². The molecule has 260 valence electrons. The lowest BCUT2D eigenvalue weighted by Gasteiger charge is -2.79. The Hall–Kier alpha value is -2.45. The molecular weight excluding hydrogens is 655 g/mol. The molecule has 0 amide bonds. The fourth-order valence-electron chi connectivity index (χ4n) is 9.74. The van der Waals surface area contributed by atoms with Gasteiger partial charge < -0.3 is 14.8 Å². The van der Waals surface area contributed by atoms with E-state index in [9.17, 15) is 4.39 Å². The predicted octanol–water partition coefficient (Wildman–Crippen LogP) is 11.1.